The molecule has 102 valence electrons. The van der Waals surface area contributed by atoms with Crippen molar-refractivity contribution in [2.75, 3.05) is 11.9 Å². The van der Waals surface area contributed by atoms with Crippen molar-refractivity contribution in [3.05, 3.63) is 32.8 Å². The molecule has 19 heavy (non-hydrogen) atoms. The number of hydrogen-bond acceptors (Lipinski definition) is 4. The number of hydrogen-bond donors (Lipinski definition) is 2. The Labute approximate surface area is 115 Å². The number of amides is 1. The summed E-state index contributed by atoms with van der Waals surface area (Å²) in [5.41, 5.74) is 6.02. The first-order valence-corrected chi connectivity index (χ1v) is 6.23. The Bertz CT molecular complexity index is 555. The molecule has 6 nitrogen and oxygen atoms in total. The number of carbonyl (C=O) groups excluding carboxylic acids is 1. The molecular formula is C12H14ClN3O3. The standard InChI is InChI=1S/C12H14ClN3O3/c1-7-4-10(16(18)19)8(13)5-9(7)15-11(17)12(6-14)2-3-12/h4-5H,2-3,6,14H2,1H3,(H,15,17). The van der Waals surface area contributed by atoms with E-state index < -0.39 is 10.3 Å². The minimum Gasteiger partial charge on any atom is -0.329 e. The first-order valence-electron chi connectivity index (χ1n) is 5.86. The Morgan fingerprint density at radius 1 is 1.58 bits per heavy atom. The van der Waals surface area contributed by atoms with Crippen molar-refractivity contribution in [1.29, 1.82) is 0 Å². The Kier molecular flexibility index (Phi) is 3.47. The molecule has 0 spiro atoms. The zero-order chi connectivity index (χ0) is 14.2. The van der Waals surface area contributed by atoms with Crippen molar-refractivity contribution in [3.8, 4) is 0 Å². The van der Waals surface area contributed by atoms with Gasteiger partial charge in [-0.25, -0.2) is 0 Å². The third-order valence-corrected chi connectivity index (χ3v) is 3.77. The fourth-order valence-electron chi connectivity index (χ4n) is 1.87. The number of nitro groups is 1. The molecule has 0 heterocycles. The normalized spacial score (nSPS) is 15.9. The second-order valence-corrected chi connectivity index (χ2v) is 5.22. The summed E-state index contributed by atoms with van der Waals surface area (Å²) in [6, 6.07) is 2.75. The lowest BCUT2D eigenvalue weighted by atomic mass is 10.1. The van der Waals surface area contributed by atoms with Gasteiger partial charge in [0.1, 0.15) is 5.02 Å². The molecule has 0 radical (unpaired) electrons. The van der Waals surface area contributed by atoms with E-state index in [1.165, 1.54) is 12.1 Å². The van der Waals surface area contributed by atoms with Gasteiger partial charge in [-0.1, -0.05) is 11.6 Å². The predicted molar refractivity (Wildman–Crippen MR) is 72.2 cm³/mol. The summed E-state index contributed by atoms with van der Waals surface area (Å²) in [7, 11) is 0. The minimum atomic E-state index is -0.552. The van der Waals surface area contributed by atoms with Crippen LogP contribution in [0.2, 0.25) is 5.02 Å². The van der Waals surface area contributed by atoms with Gasteiger partial charge in [0.2, 0.25) is 5.91 Å². The number of carbonyl (C=O) groups is 1. The number of nitrogens with two attached hydrogens (primary N) is 1. The molecule has 0 aromatic heterocycles. The topological polar surface area (TPSA) is 98.3 Å². The average Bonchev–Trinajstić information content (AvgIpc) is 3.13. The maximum atomic E-state index is 12.0. The van der Waals surface area contributed by atoms with E-state index in [1.54, 1.807) is 6.92 Å². The molecule has 0 bridgehead atoms. The van der Waals surface area contributed by atoms with Crippen LogP contribution in [0.1, 0.15) is 18.4 Å². The fourth-order valence-corrected chi connectivity index (χ4v) is 2.10. The quantitative estimate of drug-likeness (QED) is 0.654. The molecule has 1 aromatic carbocycles. The van der Waals surface area contributed by atoms with Gasteiger partial charge in [-0.3, -0.25) is 14.9 Å². The van der Waals surface area contributed by atoms with Crippen LogP contribution in [-0.4, -0.2) is 17.4 Å². The van der Waals surface area contributed by atoms with Gasteiger partial charge in [0.05, 0.1) is 10.3 Å². The van der Waals surface area contributed by atoms with Crippen LogP contribution < -0.4 is 11.1 Å². The van der Waals surface area contributed by atoms with Gasteiger partial charge in [-0.2, -0.15) is 0 Å². The Balaban J connectivity index is 2.24. The summed E-state index contributed by atoms with van der Waals surface area (Å²) in [6.45, 7) is 1.99. The lowest BCUT2D eigenvalue weighted by Gasteiger charge is -2.14. The molecule has 1 fully saturated rings. The van der Waals surface area contributed by atoms with E-state index in [2.05, 4.69) is 5.32 Å². The molecule has 1 aliphatic rings. The van der Waals surface area contributed by atoms with E-state index in [0.717, 1.165) is 12.8 Å². The molecule has 1 saturated carbocycles. The van der Waals surface area contributed by atoms with Gasteiger partial charge >= 0.3 is 0 Å². The highest BCUT2D eigenvalue weighted by Gasteiger charge is 2.48. The largest absolute Gasteiger partial charge is 0.329 e. The maximum absolute atomic E-state index is 12.0. The van der Waals surface area contributed by atoms with Gasteiger partial charge in [-0.05, 0) is 31.4 Å². The van der Waals surface area contributed by atoms with Crippen molar-refractivity contribution >= 4 is 28.9 Å². The molecular weight excluding hydrogens is 270 g/mol. The number of anilines is 1. The summed E-state index contributed by atoms with van der Waals surface area (Å²) in [5, 5.41) is 13.5. The highest BCUT2D eigenvalue weighted by molar-refractivity contribution is 6.33. The van der Waals surface area contributed by atoms with E-state index in [0.29, 0.717) is 17.8 Å². The molecule has 1 aliphatic carbocycles. The summed E-state index contributed by atoms with van der Waals surface area (Å²) < 4.78 is 0. The molecule has 2 rings (SSSR count). The van der Waals surface area contributed by atoms with Crippen LogP contribution >= 0.6 is 11.6 Å². The number of rotatable bonds is 4. The van der Waals surface area contributed by atoms with Crippen molar-refractivity contribution in [1.82, 2.24) is 0 Å². The Morgan fingerprint density at radius 2 is 2.21 bits per heavy atom. The molecule has 3 N–H and O–H groups in total. The van der Waals surface area contributed by atoms with Gasteiger partial charge in [0.25, 0.3) is 5.69 Å². The van der Waals surface area contributed by atoms with Gasteiger partial charge in [-0.15, -0.1) is 0 Å². The second-order valence-electron chi connectivity index (χ2n) is 4.81. The third kappa shape index (κ3) is 2.54. The Hall–Kier alpha value is -1.66. The number of nitrogens with zero attached hydrogens (tertiary/aromatic N) is 1. The summed E-state index contributed by atoms with van der Waals surface area (Å²) in [4.78, 5) is 22.2. The van der Waals surface area contributed by atoms with Crippen LogP contribution in [-0.2, 0) is 4.79 Å². The lowest BCUT2D eigenvalue weighted by Crippen LogP contribution is -2.31. The predicted octanol–water partition coefficient (Wildman–Crippen LogP) is 2.23. The summed E-state index contributed by atoms with van der Waals surface area (Å²) in [6.07, 6.45) is 1.55. The van der Waals surface area contributed by atoms with Crippen LogP contribution in [0, 0.1) is 22.5 Å². The molecule has 1 amide bonds. The van der Waals surface area contributed by atoms with Crippen molar-refractivity contribution in [2.24, 2.45) is 11.1 Å². The van der Waals surface area contributed by atoms with Crippen LogP contribution in [0.5, 0.6) is 0 Å². The monoisotopic (exact) mass is 283 g/mol. The Morgan fingerprint density at radius 3 is 2.68 bits per heavy atom. The molecule has 7 heteroatoms. The smallest absolute Gasteiger partial charge is 0.288 e. The molecule has 0 unspecified atom stereocenters. The zero-order valence-corrected chi connectivity index (χ0v) is 11.2. The van der Waals surface area contributed by atoms with Crippen LogP contribution in [0.3, 0.4) is 0 Å². The molecule has 0 atom stereocenters. The highest BCUT2D eigenvalue weighted by atomic mass is 35.5. The number of benzene rings is 1. The van der Waals surface area contributed by atoms with E-state index in [1.807, 2.05) is 0 Å². The molecule has 0 saturated heterocycles. The van der Waals surface area contributed by atoms with Gasteiger partial charge in [0.15, 0.2) is 0 Å². The van der Waals surface area contributed by atoms with Crippen molar-refractivity contribution in [3.63, 3.8) is 0 Å². The van der Waals surface area contributed by atoms with Crippen LogP contribution in [0.4, 0.5) is 11.4 Å². The third-order valence-electron chi connectivity index (χ3n) is 3.46. The second kappa shape index (κ2) is 4.79. The van der Waals surface area contributed by atoms with Crippen LogP contribution in [0.25, 0.3) is 0 Å². The van der Waals surface area contributed by atoms with E-state index in [4.69, 9.17) is 17.3 Å². The first kappa shape index (κ1) is 13.8. The minimum absolute atomic E-state index is 0.00324. The van der Waals surface area contributed by atoms with Crippen LogP contribution in [0.15, 0.2) is 12.1 Å². The number of aryl methyl sites for hydroxylation is 1. The SMILES string of the molecule is Cc1cc([N+](=O)[O-])c(Cl)cc1NC(=O)C1(CN)CC1. The number of nitro benzene ring substituents is 1. The van der Waals surface area contributed by atoms with Gasteiger partial charge < -0.3 is 11.1 Å². The fraction of sp³-hybridized carbons (Fsp3) is 0.417. The van der Waals surface area contributed by atoms with E-state index >= 15 is 0 Å². The molecule has 0 aliphatic heterocycles. The first-order chi connectivity index (χ1) is 8.89. The summed E-state index contributed by atoms with van der Waals surface area (Å²) >= 11 is 5.83. The maximum Gasteiger partial charge on any atom is 0.288 e. The van der Waals surface area contributed by atoms with E-state index in [9.17, 15) is 14.9 Å². The van der Waals surface area contributed by atoms with Crippen molar-refractivity contribution < 1.29 is 9.72 Å². The van der Waals surface area contributed by atoms with Gasteiger partial charge in [0, 0.05) is 18.3 Å². The lowest BCUT2D eigenvalue weighted by molar-refractivity contribution is -0.384. The number of halogens is 1. The zero-order valence-electron chi connectivity index (χ0n) is 10.4. The number of nitrogens with one attached hydrogen (secondary N) is 1. The average molecular weight is 284 g/mol. The highest BCUT2D eigenvalue weighted by Crippen LogP contribution is 2.45. The van der Waals surface area contributed by atoms with E-state index in [-0.39, 0.29) is 16.6 Å². The summed E-state index contributed by atoms with van der Waals surface area (Å²) in [5.74, 6) is -0.150. The molecule has 1 aromatic rings. The van der Waals surface area contributed by atoms with Crippen molar-refractivity contribution in [2.45, 2.75) is 19.8 Å².